The summed E-state index contributed by atoms with van der Waals surface area (Å²) >= 11 is 4.72. The number of amides is 2. The van der Waals surface area contributed by atoms with E-state index in [2.05, 4.69) is 27.0 Å². The Kier molecular flexibility index (Phi) is 5.47. The maximum absolute atomic E-state index is 13.2. The van der Waals surface area contributed by atoms with Crippen molar-refractivity contribution in [2.75, 3.05) is 27.5 Å². The largest absolute Gasteiger partial charge is 0.380 e. The zero-order chi connectivity index (χ0) is 23.1. The first-order valence-electron chi connectivity index (χ1n) is 10.8. The number of hydrogen-bond acceptors (Lipinski definition) is 7. The molecule has 9 heteroatoms. The SMILES string of the molecule is O=C(Nc1ccc2c(c1)C1(SCCS1)C(=O)N2)c1sccc1NCc1ccnc2ccccc12. The number of hydrogen-bond donors (Lipinski definition) is 3. The second-order valence-corrected chi connectivity index (χ2v) is 11.8. The first-order valence-corrected chi connectivity index (χ1v) is 13.7. The van der Waals surface area contributed by atoms with E-state index in [4.69, 9.17) is 0 Å². The highest BCUT2D eigenvalue weighted by molar-refractivity contribution is 8.21. The molecule has 2 aromatic heterocycles. The Morgan fingerprint density at radius 3 is 2.82 bits per heavy atom. The van der Waals surface area contributed by atoms with E-state index in [1.807, 2.05) is 60.1 Å². The van der Waals surface area contributed by atoms with Crippen LogP contribution in [0.2, 0.25) is 0 Å². The number of carbonyl (C=O) groups excluding carboxylic acids is 2. The van der Waals surface area contributed by atoms with Crippen molar-refractivity contribution >= 4 is 74.6 Å². The van der Waals surface area contributed by atoms with Crippen molar-refractivity contribution in [1.82, 2.24) is 4.98 Å². The van der Waals surface area contributed by atoms with E-state index in [0.29, 0.717) is 17.1 Å². The zero-order valence-electron chi connectivity index (χ0n) is 18.0. The molecule has 4 heterocycles. The van der Waals surface area contributed by atoms with Gasteiger partial charge in [-0.05, 0) is 47.3 Å². The lowest BCUT2D eigenvalue weighted by molar-refractivity contribution is -0.116. The quantitative estimate of drug-likeness (QED) is 0.321. The Balaban J connectivity index is 1.21. The number of rotatable bonds is 5. The maximum atomic E-state index is 13.2. The van der Waals surface area contributed by atoms with E-state index in [9.17, 15) is 9.59 Å². The van der Waals surface area contributed by atoms with Crippen LogP contribution in [-0.4, -0.2) is 28.3 Å². The van der Waals surface area contributed by atoms with Gasteiger partial charge in [-0.3, -0.25) is 14.6 Å². The van der Waals surface area contributed by atoms with Crippen LogP contribution in [-0.2, 0) is 15.4 Å². The van der Waals surface area contributed by atoms with E-state index >= 15 is 0 Å². The number of aromatic nitrogens is 1. The minimum atomic E-state index is -0.598. The predicted octanol–water partition coefficient (Wildman–Crippen LogP) is 5.75. The summed E-state index contributed by atoms with van der Waals surface area (Å²) in [5.41, 5.74) is 5.32. The number of carbonyl (C=O) groups is 2. The average Bonchev–Trinajstić information content (AvgIpc) is 3.59. The van der Waals surface area contributed by atoms with Gasteiger partial charge in [0.1, 0.15) is 4.88 Å². The second-order valence-electron chi connectivity index (χ2n) is 7.99. The van der Waals surface area contributed by atoms with Crippen LogP contribution in [0.25, 0.3) is 10.9 Å². The van der Waals surface area contributed by atoms with Gasteiger partial charge in [0.2, 0.25) is 0 Å². The number of benzene rings is 2. The average molecular weight is 505 g/mol. The smallest absolute Gasteiger partial charge is 0.267 e. The fourth-order valence-corrected chi connectivity index (χ4v) is 8.19. The molecule has 6 nitrogen and oxygen atoms in total. The molecule has 34 heavy (non-hydrogen) atoms. The van der Waals surface area contributed by atoms with Gasteiger partial charge in [0, 0.05) is 46.6 Å². The van der Waals surface area contributed by atoms with Crippen molar-refractivity contribution in [2.24, 2.45) is 0 Å². The van der Waals surface area contributed by atoms with E-state index in [-0.39, 0.29) is 11.8 Å². The van der Waals surface area contributed by atoms with E-state index in [0.717, 1.165) is 44.9 Å². The summed E-state index contributed by atoms with van der Waals surface area (Å²) in [5, 5.41) is 12.4. The highest BCUT2D eigenvalue weighted by Gasteiger charge is 2.50. The number of para-hydroxylation sites is 1. The normalized spacial score (nSPS) is 15.9. The molecule has 1 saturated heterocycles. The fraction of sp³-hybridized carbons (Fsp3) is 0.160. The molecule has 4 aromatic rings. The van der Waals surface area contributed by atoms with Crippen LogP contribution in [0.1, 0.15) is 20.8 Å². The maximum Gasteiger partial charge on any atom is 0.267 e. The van der Waals surface area contributed by atoms with Crippen LogP contribution < -0.4 is 16.0 Å². The van der Waals surface area contributed by atoms with E-state index in [1.165, 1.54) is 11.3 Å². The zero-order valence-corrected chi connectivity index (χ0v) is 20.4. The van der Waals surface area contributed by atoms with Gasteiger partial charge in [-0.15, -0.1) is 34.9 Å². The molecule has 0 saturated carbocycles. The highest BCUT2D eigenvalue weighted by atomic mass is 32.2. The van der Waals surface area contributed by atoms with Crippen molar-refractivity contribution < 1.29 is 9.59 Å². The first-order chi connectivity index (χ1) is 16.6. The minimum Gasteiger partial charge on any atom is -0.380 e. The summed E-state index contributed by atoms with van der Waals surface area (Å²) in [4.78, 5) is 30.8. The summed E-state index contributed by atoms with van der Waals surface area (Å²) in [5.74, 6) is 1.72. The molecule has 0 unspecified atom stereocenters. The molecule has 3 N–H and O–H groups in total. The molecule has 2 aliphatic heterocycles. The molecule has 1 spiro atoms. The Morgan fingerprint density at radius 1 is 1.09 bits per heavy atom. The number of nitrogens with one attached hydrogen (secondary N) is 3. The third-order valence-electron chi connectivity index (χ3n) is 5.95. The van der Waals surface area contributed by atoms with Gasteiger partial charge >= 0.3 is 0 Å². The number of pyridine rings is 1. The monoisotopic (exact) mass is 504 g/mol. The minimum absolute atomic E-state index is 0.0202. The van der Waals surface area contributed by atoms with E-state index < -0.39 is 4.08 Å². The molecule has 170 valence electrons. The van der Waals surface area contributed by atoms with Gasteiger partial charge in [-0.1, -0.05) is 18.2 Å². The Hall–Kier alpha value is -3.01. The lowest BCUT2D eigenvalue weighted by Crippen LogP contribution is -2.24. The molecule has 2 aromatic carbocycles. The summed E-state index contributed by atoms with van der Waals surface area (Å²) < 4.78 is -0.598. The summed E-state index contributed by atoms with van der Waals surface area (Å²) in [6.45, 7) is 0.587. The van der Waals surface area contributed by atoms with Gasteiger partial charge in [0.25, 0.3) is 11.8 Å². The third-order valence-corrected chi connectivity index (χ3v) is 10.3. The van der Waals surface area contributed by atoms with Crippen LogP contribution in [0.15, 0.2) is 66.2 Å². The lowest BCUT2D eigenvalue weighted by atomic mass is 10.1. The molecule has 0 radical (unpaired) electrons. The standard InChI is InChI=1S/C25H20N4O2S3/c30-23(28-16-5-6-20-18(13-16)25(24(31)29-20)33-11-12-34-25)22-21(8-10-32-22)27-14-15-7-9-26-19-4-2-1-3-17(15)19/h1-10,13,27H,11-12,14H2,(H,28,30)(H,29,31). The van der Waals surface area contributed by atoms with Crippen molar-refractivity contribution in [3.63, 3.8) is 0 Å². The summed E-state index contributed by atoms with van der Waals surface area (Å²) in [6, 6.07) is 17.6. The Labute approximate surface area is 208 Å². The Morgan fingerprint density at radius 2 is 1.94 bits per heavy atom. The molecule has 2 aliphatic rings. The fourth-order valence-electron chi connectivity index (χ4n) is 4.34. The molecule has 1 fully saturated rings. The first kappa shape index (κ1) is 21.5. The van der Waals surface area contributed by atoms with Crippen LogP contribution in [0.5, 0.6) is 0 Å². The van der Waals surface area contributed by atoms with Gasteiger partial charge in [0.05, 0.1) is 11.2 Å². The number of nitrogens with zero attached hydrogens (tertiary/aromatic N) is 1. The van der Waals surface area contributed by atoms with Crippen molar-refractivity contribution in [1.29, 1.82) is 0 Å². The van der Waals surface area contributed by atoms with E-state index in [1.54, 1.807) is 23.5 Å². The summed E-state index contributed by atoms with van der Waals surface area (Å²) in [7, 11) is 0. The number of thiophene rings is 1. The van der Waals surface area contributed by atoms with Gasteiger partial charge < -0.3 is 16.0 Å². The van der Waals surface area contributed by atoms with Crippen molar-refractivity contribution in [2.45, 2.75) is 10.6 Å². The molecule has 0 atom stereocenters. The third kappa shape index (κ3) is 3.64. The van der Waals surface area contributed by atoms with Crippen molar-refractivity contribution in [3.8, 4) is 0 Å². The van der Waals surface area contributed by atoms with Crippen LogP contribution in [0.3, 0.4) is 0 Å². The molecule has 2 amide bonds. The Bertz CT molecular complexity index is 1420. The number of fused-ring (bicyclic) bond motifs is 3. The number of anilines is 3. The van der Waals surface area contributed by atoms with Gasteiger partial charge in [-0.25, -0.2) is 0 Å². The molecular formula is C25H20N4O2S3. The number of thioether (sulfide) groups is 2. The molecule has 0 aliphatic carbocycles. The summed E-state index contributed by atoms with van der Waals surface area (Å²) in [6.07, 6.45) is 1.81. The van der Waals surface area contributed by atoms with Gasteiger partial charge in [0.15, 0.2) is 4.08 Å². The van der Waals surface area contributed by atoms with Crippen molar-refractivity contribution in [3.05, 3.63) is 82.2 Å². The van der Waals surface area contributed by atoms with Crippen LogP contribution >= 0.6 is 34.9 Å². The molecule has 0 bridgehead atoms. The predicted molar refractivity (Wildman–Crippen MR) is 143 cm³/mol. The van der Waals surface area contributed by atoms with Gasteiger partial charge in [-0.2, -0.15) is 0 Å². The second kappa shape index (κ2) is 8.65. The van der Waals surface area contributed by atoms with Crippen LogP contribution in [0.4, 0.5) is 17.1 Å². The van der Waals surface area contributed by atoms with Crippen LogP contribution in [0, 0.1) is 0 Å². The highest BCUT2D eigenvalue weighted by Crippen LogP contribution is 2.57. The molecule has 6 rings (SSSR count). The molecular weight excluding hydrogens is 485 g/mol. The topological polar surface area (TPSA) is 83.1 Å². The lowest BCUT2D eigenvalue weighted by Gasteiger charge is -2.19.